The van der Waals surface area contributed by atoms with Crippen LogP contribution >= 0.6 is 22.7 Å². The third-order valence-corrected chi connectivity index (χ3v) is 6.38. The highest BCUT2D eigenvalue weighted by Gasteiger charge is 2.29. The molecule has 0 spiro atoms. The van der Waals surface area contributed by atoms with Crippen molar-refractivity contribution in [2.45, 2.75) is 45.1 Å². The van der Waals surface area contributed by atoms with Crippen LogP contribution < -0.4 is 4.74 Å². The predicted molar refractivity (Wildman–Crippen MR) is 94.7 cm³/mol. The molecule has 0 aromatic carbocycles. The fourth-order valence-electron chi connectivity index (χ4n) is 3.12. The Morgan fingerprint density at radius 1 is 1.48 bits per heavy atom. The van der Waals surface area contributed by atoms with Crippen LogP contribution in [0, 0.1) is 6.92 Å². The summed E-state index contributed by atoms with van der Waals surface area (Å²) in [5.74, 6) is 0.124. The molecule has 1 amide bonds. The Morgan fingerprint density at radius 2 is 2.35 bits per heavy atom. The molecule has 0 aliphatic carbocycles. The molecule has 3 heterocycles. The number of hydrogen-bond acceptors (Lipinski definition) is 5. The van der Waals surface area contributed by atoms with Gasteiger partial charge in [-0.05, 0) is 50.5 Å². The third-order valence-electron chi connectivity index (χ3n) is 4.34. The standard InChI is InChI=1S/C17H22N2O2S2/c1-12-15(23-17(18-12)21-2)16(20)19-10-4-3-6-13(19)8-9-14-7-5-11-22-14/h5,7,11,13H,3-4,6,8-10H2,1-2H3/t13-/m1/s1. The SMILES string of the molecule is COc1nc(C)c(C(=O)N2CCCC[C@@H]2CCc2cccs2)s1. The molecule has 1 aliphatic heterocycles. The fraction of sp³-hybridized carbons (Fsp3) is 0.529. The number of nitrogens with zero attached hydrogens (tertiary/aromatic N) is 2. The second kappa shape index (κ2) is 7.45. The molecule has 23 heavy (non-hydrogen) atoms. The van der Waals surface area contributed by atoms with E-state index >= 15 is 0 Å². The minimum Gasteiger partial charge on any atom is -0.473 e. The van der Waals surface area contributed by atoms with E-state index in [0.717, 1.165) is 42.8 Å². The Kier molecular flexibility index (Phi) is 5.33. The van der Waals surface area contributed by atoms with Crippen molar-refractivity contribution in [2.75, 3.05) is 13.7 Å². The molecule has 6 heteroatoms. The first-order valence-electron chi connectivity index (χ1n) is 8.04. The van der Waals surface area contributed by atoms with Gasteiger partial charge >= 0.3 is 0 Å². The van der Waals surface area contributed by atoms with Gasteiger partial charge in [0.15, 0.2) is 0 Å². The van der Waals surface area contributed by atoms with Crippen LogP contribution in [0.3, 0.4) is 0 Å². The molecule has 0 radical (unpaired) electrons. The molecule has 1 aliphatic rings. The summed E-state index contributed by atoms with van der Waals surface area (Å²) in [5.41, 5.74) is 0.777. The van der Waals surface area contributed by atoms with Crippen molar-refractivity contribution < 1.29 is 9.53 Å². The molecule has 1 atom stereocenters. The van der Waals surface area contributed by atoms with Crippen molar-refractivity contribution in [3.63, 3.8) is 0 Å². The summed E-state index contributed by atoms with van der Waals surface area (Å²) < 4.78 is 5.17. The van der Waals surface area contributed by atoms with E-state index in [2.05, 4.69) is 27.4 Å². The second-order valence-electron chi connectivity index (χ2n) is 5.86. The average Bonchev–Trinajstić information content (AvgIpc) is 3.22. The van der Waals surface area contributed by atoms with Crippen LogP contribution in [0.1, 0.15) is 45.9 Å². The molecule has 2 aromatic rings. The van der Waals surface area contributed by atoms with Crippen molar-refractivity contribution in [1.29, 1.82) is 0 Å². The molecule has 4 nitrogen and oxygen atoms in total. The lowest BCUT2D eigenvalue weighted by Crippen LogP contribution is -2.43. The normalized spacial score (nSPS) is 18.2. The summed E-state index contributed by atoms with van der Waals surface area (Å²) in [6, 6.07) is 4.61. The Morgan fingerprint density at radius 3 is 3.04 bits per heavy atom. The van der Waals surface area contributed by atoms with Gasteiger partial charge in [-0.3, -0.25) is 4.79 Å². The monoisotopic (exact) mass is 350 g/mol. The molecule has 1 saturated heterocycles. The van der Waals surface area contributed by atoms with Gasteiger partial charge in [0, 0.05) is 17.5 Å². The van der Waals surface area contributed by atoms with Gasteiger partial charge in [0.05, 0.1) is 12.8 Å². The number of carbonyl (C=O) groups is 1. The molecule has 1 fully saturated rings. The topological polar surface area (TPSA) is 42.4 Å². The highest BCUT2D eigenvalue weighted by atomic mass is 32.1. The highest BCUT2D eigenvalue weighted by Crippen LogP contribution is 2.29. The summed E-state index contributed by atoms with van der Waals surface area (Å²) in [7, 11) is 1.59. The van der Waals surface area contributed by atoms with E-state index in [4.69, 9.17) is 4.74 Å². The number of aromatic nitrogens is 1. The minimum absolute atomic E-state index is 0.124. The summed E-state index contributed by atoms with van der Waals surface area (Å²) in [4.78, 5) is 21.5. The lowest BCUT2D eigenvalue weighted by atomic mass is 9.97. The quantitative estimate of drug-likeness (QED) is 0.813. The van der Waals surface area contributed by atoms with E-state index in [1.807, 2.05) is 6.92 Å². The first-order chi connectivity index (χ1) is 11.2. The van der Waals surface area contributed by atoms with Crippen LogP contribution in [0.2, 0.25) is 0 Å². The van der Waals surface area contributed by atoms with Gasteiger partial charge in [-0.15, -0.1) is 11.3 Å². The van der Waals surface area contributed by atoms with Crippen LogP contribution in [0.5, 0.6) is 5.19 Å². The summed E-state index contributed by atoms with van der Waals surface area (Å²) >= 11 is 3.15. The number of amides is 1. The van der Waals surface area contributed by atoms with Crippen molar-refractivity contribution >= 4 is 28.6 Å². The molecular formula is C17H22N2O2S2. The molecule has 124 valence electrons. The van der Waals surface area contributed by atoms with E-state index in [9.17, 15) is 4.79 Å². The van der Waals surface area contributed by atoms with Crippen molar-refractivity contribution in [1.82, 2.24) is 9.88 Å². The van der Waals surface area contributed by atoms with Gasteiger partial charge in [0.2, 0.25) is 0 Å². The number of thiazole rings is 1. The maximum Gasteiger partial charge on any atom is 0.273 e. The van der Waals surface area contributed by atoms with E-state index < -0.39 is 0 Å². The van der Waals surface area contributed by atoms with Crippen molar-refractivity contribution in [3.05, 3.63) is 33.0 Å². The van der Waals surface area contributed by atoms with Crippen LogP contribution in [0.15, 0.2) is 17.5 Å². The molecule has 0 N–H and O–H groups in total. The number of rotatable bonds is 5. The zero-order valence-corrected chi connectivity index (χ0v) is 15.2. The van der Waals surface area contributed by atoms with Gasteiger partial charge in [0.1, 0.15) is 4.88 Å². The lowest BCUT2D eigenvalue weighted by molar-refractivity contribution is 0.0606. The largest absolute Gasteiger partial charge is 0.473 e. The van der Waals surface area contributed by atoms with Crippen molar-refractivity contribution in [3.8, 4) is 5.19 Å². The number of likely N-dealkylation sites (tertiary alicyclic amines) is 1. The minimum atomic E-state index is 0.124. The van der Waals surface area contributed by atoms with Crippen LogP contribution in [-0.4, -0.2) is 35.5 Å². The summed E-state index contributed by atoms with van der Waals surface area (Å²) in [6.07, 6.45) is 5.50. The number of ether oxygens (including phenoxy) is 1. The molecule has 0 saturated carbocycles. The van der Waals surface area contributed by atoms with Crippen LogP contribution in [0.25, 0.3) is 0 Å². The molecule has 2 aromatic heterocycles. The van der Waals surface area contributed by atoms with E-state index in [0.29, 0.717) is 11.2 Å². The van der Waals surface area contributed by atoms with Gasteiger partial charge in [-0.25, -0.2) is 4.98 Å². The number of methoxy groups -OCH3 is 1. The second-order valence-corrected chi connectivity index (χ2v) is 7.86. The Bertz CT molecular complexity index is 652. The van der Waals surface area contributed by atoms with Gasteiger partial charge < -0.3 is 9.64 Å². The van der Waals surface area contributed by atoms with E-state index in [1.165, 1.54) is 22.6 Å². The summed E-state index contributed by atoms with van der Waals surface area (Å²) in [5, 5.41) is 2.68. The maximum atomic E-state index is 13.0. The molecule has 0 bridgehead atoms. The number of piperidine rings is 1. The summed E-state index contributed by atoms with van der Waals surface area (Å²) in [6.45, 7) is 2.74. The Hall–Kier alpha value is -1.40. The van der Waals surface area contributed by atoms with Crippen molar-refractivity contribution in [2.24, 2.45) is 0 Å². The third kappa shape index (κ3) is 3.75. The predicted octanol–water partition coefficient (Wildman–Crippen LogP) is 4.15. The zero-order chi connectivity index (χ0) is 16.2. The highest BCUT2D eigenvalue weighted by molar-refractivity contribution is 7.15. The van der Waals surface area contributed by atoms with E-state index in [-0.39, 0.29) is 5.91 Å². The van der Waals surface area contributed by atoms with Gasteiger partial charge in [-0.2, -0.15) is 0 Å². The van der Waals surface area contributed by atoms with Crippen LogP contribution in [0.4, 0.5) is 0 Å². The van der Waals surface area contributed by atoms with E-state index in [1.54, 1.807) is 18.4 Å². The maximum absolute atomic E-state index is 13.0. The number of hydrogen-bond donors (Lipinski definition) is 0. The van der Waals surface area contributed by atoms with Gasteiger partial charge in [-0.1, -0.05) is 17.4 Å². The molecule has 0 unspecified atom stereocenters. The lowest BCUT2D eigenvalue weighted by Gasteiger charge is -2.35. The first-order valence-corrected chi connectivity index (χ1v) is 9.73. The van der Waals surface area contributed by atoms with Crippen LogP contribution in [-0.2, 0) is 6.42 Å². The molecular weight excluding hydrogens is 328 g/mol. The smallest absolute Gasteiger partial charge is 0.273 e. The number of aryl methyl sites for hydroxylation is 2. The van der Waals surface area contributed by atoms with Gasteiger partial charge in [0.25, 0.3) is 11.1 Å². The first kappa shape index (κ1) is 16.5. The Labute approximate surface area is 145 Å². The average molecular weight is 351 g/mol. The Balaban J connectivity index is 1.72. The number of carbonyl (C=O) groups excluding carboxylic acids is 1. The molecule has 3 rings (SSSR count). The zero-order valence-electron chi connectivity index (χ0n) is 13.6. The fourth-order valence-corrected chi connectivity index (χ4v) is 4.68. The number of thiophene rings is 1.